The van der Waals surface area contributed by atoms with Gasteiger partial charge in [-0.15, -0.1) is 11.3 Å². The monoisotopic (exact) mass is 473 g/mol. The molecule has 0 saturated heterocycles. The number of halogens is 1. The second-order valence-electron chi connectivity index (χ2n) is 7.18. The minimum absolute atomic E-state index is 0.314. The van der Waals surface area contributed by atoms with Crippen LogP contribution in [-0.4, -0.2) is 26.6 Å². The van der Waals surface area contributed by atoms with Gasteiger partial charge in [0.1, 0.15) is 5.82 Å². The van der Waals surface area contributed by atoms with Crippen LogP contribution in [0.25, 0.3) is 10.6 Å². The average molecular weight is 474 g/mol. The van der Waals surface area contributed by atoms with Crippen molar-refractivity contribution < 1.29 is 9.18 Å². The van der Waals surface area contributed by atoms with Crippen LogP contribution >= 0.6 is 23.1 Å². The third-order valence-electron chi connectivity index (χ3n) is 5.09. The molecule has 1 amide bonds. The van der Waals surface area contributed by atoms with Crippen molar-refractivity contribution in [1.82, 2.24) is 9.78 Å². The van der Waals surface area contributed by atoms with Crippen LogP contribution < -0.4 is 11.1 Å². The maximum absolute atomic E-state index is 14.6. The number of aryl methyl sites for hydroxylation is 1. The van der Waals surface area contributed by atoms with E-state index in [0.717, 1.165) is 16.3 Å². The van der Waals surface area contributed by atoms with Crippen LogP contribution in [-0.2, 0) is 12.1 Å². The van der Waals surface area contributed by atoms with Gasteiger partial charge in [0.15, 0.2) is 10.9 Å². The summed E-state index contributed by atoms with van der Waals surface area (Å²) in [5.41, 5.74) is 7.24. The molecule has 1 aliphatic heterocycles. The van der Waals surface area contributed by atoms with Gasteiger partial charge >= 0.3 is 0 Å². The fourth-order valence-electron chi connectivity index (χ4n) is 3.48. The largest absolute Gasteiger partial charge is 0.379 e. The number of aliphatic imine (C=N–C) groups is 1. The number of hydrogen-bond acceptors (Lipinski definition) is 6. The lowest BCUT2D eigenvalue weighted by atomic mass is 9.89. The maximum Gasteiger partial charge on any atom is 0.276 e. The lowest BCUT2D eigenvalue weighted by molar-refractivity contribution is 0.102. The van der Waals surface area contributed by atoms with Gasteiger partial charge in [-0.2, -0.15) is 5.10 Å². The van der Waals surface area contributed by atoms with Crippen LogP contribution in [0.1, 0.15) is 50.2 Å². The van der Waals surface area contributed by atoms with Gasteiger partial charge in [-0.1, -0.05) is 31.7 Å². The van der Waals surface area contributed by atoms with Crippen LogP contribution in [0.2, 0.25) is 0 Å². The van der Waals surface area contributed by atoms with Crippen molar-refractivity contribution >= 4 is 39.9 Å². The van der Waals surface area contributed by atoms with Crippen LogP contribution in [0, 0.1) is 5.82 Å². The van der Waals surface area contributed by atoms with Crippen LogP contribution in [0.4, 0.5) is 10.1 Å². The highest BCUT2D eigenvalue weighted by Crippen LogP contribution is 2.37. The fraction of sp³-hybridized carbons (Fsp3) is 0.348. The van der Waals surface area contributed by atoms with Crippen LogP contribution in [0.3, 0.4) is 0 Å². The number of amides is 1. The highest BCUT2D eigenvalue weighted by molar-refractivity contribution is 8.13. The third kappa shape index (κ3) is 5.05. The number of nitrogens with one attached hydrogen (secondary N) is 1. The molecule has 2 aromatic heterocycles. The smallest absolute Gasteiger partial charge is 0.276 e. The van der Waals surface area contributed by atoms with Gasteiger partial charge in [0.2, 0.25) is 0 Å². The summed E-state index contributed by atoms with van der Waals surface area (Å²) < 4.78 is 16.4. The van der Waals surface area contributed by atoms with E-state index in [1.165, 1.54) is 17.8 Å². The lowest BCUT2D eigenvalue weighted by Gasteiger charge is -2.30. The van der Waals surface area contributed by atoms with Crippen LogP contribution in [0.15, 0.2) is 46.8 Å². The molecular weight excluding hydrogens is 445 g/mol. The molecule has 32 heavy (non-hydrogen) atoms. The van der Waals surface area contributed by atoms with E-state index in [4.69, 9.17) is 5.73 Å². The van der Waals surface area contributed by atoms with Gasteiger partial charge in [0.25, 0.3) is 5.91 Å². The summed E-state index contributed by atoms with van der Waals surface area (Å²) in [5.74, 6) is 0.0565. The molecule has 6 nitrogen and oxygen atoms in total. The number of aromatic nitrogens is 2. The van der Waals surface area contributed by atoms with E-state index in [1.54, 1.807) is 34.2 Å². The zero-order chi connectivity index (χ0) is 23.3. The minimum atomic E-state index is -0.754. The fourth-order valence-corrected chi connectivity index (χ4v) is 5.20. The Labute approximate surface area is 196 Å². The maximum atomic E-state index is 14.6. The van der Waals surface area contributed by atoms with Crippen molar-refractivity contribution in [3.8, 4) is 10.6 Å². The first kappa shape index (κ1) is 24.0. The SMILES string of the molecule is CC.CCn1nc(C(=O)Nc2ccc(F)c(C3(C)CCSC(N)=N3)c2)cc1-c1cccs1. The zero-order valence-electron chi connectivity index (χ0n) is 18.7. The molecule has 1 aliphatic rings. The first-order chi connectivity index (χ1) is 15.4. The number of hydrogen-bond donors (Lipinski definition) is 2. The Morgan fingerprint density at radius 2 is 2.09 bits per heavy atom. The number of rotatable bonds is 5. The Balaban J connectivity index is 0.00000141. The molecule has 0 spiro atoms. The van der Waals surface area contributed by atoms with Crippen molar-refractivity contribution in [2.45, 2.75) is 46.2 Å². The predicted octanol–water partition coefficient (Wildman–Crippen LogP) is 5.72. The first-order valence-corrected chi connectivity index (χ1v) is 12.5. The van der Waals surface area contributed by atoms with E-state index in [-0.39, 0.29) is 11.7 Å². The lowest BCUT2D eigenvalue weighted by Crippen LogP contribution is -2.29. The van der Waals surface area contributed by atoms with E-state index >= 15 is 0 Å². The van der Waals surface area contributed by atoms with Crippen molar-refractivity contribution in [3.05, 3.63) is 58.9 Å². The summed E-state index contributed by atoms with van der Waals surface area (Å²) in [5, 5.41) is 9.71. The molecule has 0 bridgehead atoms. The van der Waals surface area contributed by atoms with E-state index in [1.807, 2.05) is 45.2 Å². The van der Waals surface area contributed by atoms with Gasteiger partial charge in [0, 0.05) is 23.5 Å². The number of thiophene rings is 1. The van der Waals surface area contributed by atoms with E-state index in [2.05, 4.69) is 15.4 Å². The zero-order valence-corrected chi connectivity index (χ0v) is 20.3. The quantitative estimate of drug-likeness (QED) is 0.497. The van der Waals surface area contributed by atoms with E-state index in [0.29, 0.717) is 35.1 Å². The highest BCUT2D eigenvalue weighted by atomic mass is 32.2. The topological polar surface area (TPSA) is 85.3 Å². The summed E-state index contributed by atoms with van der Waals surface area (Å²) in [6.45, 7) is 8.49. The molecule has 3 aromatic rings. The van der Waals surface area contributed by atoms with Crippen LogP contribution in [0.5, 0.6) is 0 Å². The van der Waals surface area contributed by atoms with E-state index < -0.39 is 5.54 Å². The molecular formula is C23H28FN5OS2. The third-order valence-corrected chi connectivity index (χ3v) is 6.77. The summed E-state index contributed by atoms with van der Waals surface area (Å²) in [6, 6.07) is 10.3. The summed E-state index contributed by atoms with van der Waals surface area (Å²) >= 11 is 3.06. The normalized spacial score (nSPS) is 17.8. The molecule has 0 aliphatic carbocycles. The number of thioether (sulfide) groups is 1. The number of benzene rings is 1. The van der Waals surface area contributed by atoms with E-state index in [9.17, 15) is 9.18 Å². The van der Waals surface area contributed by atoms with Gasteiger partial charge < -0.3 is 11.1 Å². The minimum Gasteiger partial charge on any atom is -0.379 e. The van der Waals surface area contributed by atoms with Crippen molar-refractivity contribution in [1.29, 1.82) is 0 Å². The molecule has 3 heterocycles. The molecule has 4 rings (SSSR count). The van der Waals surface area contributed by atoms with Crippen molar-refractivity contribution in [3.63, 3.8) is 0 Å². The molecule has 0 fully saturated rings. The second-order valence-corrected chi connectivity index (χ2v) is 9.24. The summed E-state index contributed by atoms with van der Waals surface area (Å²) in [6.07, 6.45) is 0.664. The summed E-state index contributed by atoms with van der Waals surface area (Å²) in [7, 11) is 0. The summed E-state index contributed by atoms with van der Waals surface area (Å²) in [4.78, 5) is 18.4. The molecule has 170 valence electrons. The molecule has 1 unspecified atom stereocenters. The van der Waals surface area contributed by atoms with Gasteiger partial charge in [-0.25, -0.2) is 4.39 Å². The van der Waals surface area contributed by atoms with Gasteiger partial charge in [-0.3, -0.25) is 14.5 Å². The molecule has 0 radical (unpaired) electrons. The van der Waals surface area contributed by atoms with Gasteiger partial charge in [0.05, 0.1) is 16.1 Å². The Kier molecular flexibility index (Phi) is 7.73. The number of nitrogens with zero attached hydrogens (tertiary/aromatic N) is 3. The molecule has 9 heteroatoms. The second kappa shape index (κ2) is 10.3. The Bertz CT molecular complexity index is 1110. The Morgan fingerprint density at radius 1 is 1.31 bits per heavy atom. The number of carbonyl (C=O) groups is 1. The number of anilines is 1. The number of nitrogens with two attached hydrogens (primary N) is 1. The predicted molar refractivity (Wildman–Crippen MR) is 133 cm³/mol. The highest BCUT2D eigenvalue weighted by Gasteiger charge is 2.32. The van der Waals surface area contributed by atoms with Crippen molar-refractivity contribution in [2.75, 3.05) is 11.1 Å². The Morgan fingerprint density at radius 3 is 2.75 bits per heavy atom. The first-order valence-electron chi connectivity index (χ1n) is 10.6. The van der Waals surface area contributed by atoms with Crippen molar-refractivity contribution in [2.24, 2.45) is 10.7 Å². The molecule has 1 aromatic carbocycles. The number of carbonyl (C=O) groups excluding carboxylic acids is 1. The Hall–Kier alpha value is -2.65. The standard InChI is InChI=1S/C21H22FN5OS2.C2H6/c1-3-27-17(18-5-4-9-29-18)12-16(26-27)19(28)24-13-6-7-15(22)14(11-13)21(2)8-10-30-20(23)25-21;1-2/h4-7,9,11-12H,3,8,10H2,1-2H3,(H2,23,25)(H,24,28);1-2H3. The number of amidine groups is 1. The van der Waals surface area contributed by atoms with Gasteiger partial charge in [-0.05, 0) is 56.0 Å². The molecule has 3 N–H and O–H groups in total. The molecule has 0 saturated carbocycles. The molecule has 1 atom stereocenters. The average Bonchev–Trinajstić information content (AvgIpc) is 3.46.